The van der Waals surface area contributed by atoms with E-state index in [4.69, 9.17) is 4.74 Å². The minimum atomic E-state index is -0.432. The van der Waals surface area contributed by atoms with Crippen LogP contribution < -0.4 is 0 Å². The second-order valence-corrected chi connectivity index (χ2v) is 6.21. The van der Waals surface area contributed by atoms with Crippen LogP contribution in [0.2, 0.25) is 0 Å². The molecule has 2 aliphatic carbocycles. The summed E-state index contributed by atoms with van der Waals surface area (Å²) in [6.07, 6.45) is 4.84. The fraction of sp³-hybridized carbons (Fsp3) is 0.714. The molecule has 94 valence electrons. The first-order valence-electron chi connectivity index (χ1n) is 6.27. The summed E-state index contributed by atoms with van der Waals surface area (Å²) in [5, 5.41) is 0. The maximum absolute atomic E-state index is 11.6. The SMILES string of the molecule is CC(C)(C)OC(=O)C=C1CC2CC(=O)CC2C1. The van der Waals surface area contributed by atoms with Crippen LogP contribution in [0.25, 0.3) is 0 Å². The molecule has 0 amide bonds. The summed E-state index contributed by atoms with van der Waals surface area (Å²) >= 11 is 0. The number of carbonyl (C=O) groups excluding carboxylic acids is 2. The number of esters is 1. The van der Waals surface area contributed by atoms with Gasteiger partial charge in [-0.1, -0.05) is 5.57 Å². The molecule has 2 rings (SSSR count). The van der Waals surface area contributed by atoms with Crippen LogP contribution in [0.5, 0.6) is 0 Å². The third kappa shape index (κ3) is 3.18. The number of rotatable bonds is 1. The standard InChI is InChI=1S/C14H20O3/c1-14(2,3)17-13(16)6-9-4-10-7-12(15)8-11(10)5-9/h6,10-11H,4-5,7-8H2,1-3H3. The molecule has 2 saturated carbocycles. The number of Topliss-reactive ketones (excluding diaryl/α,β-unsaturated/α-hetero) is 1. The molecule has 2 unspecified atom stereocenters. The van der Waals surface area contributed by atoms with Crippen molar-refractivity contribution in [2.45, 2.75) is 52.1 Å². The second kappa shape index (κ2) is 4.28. The van der Waals surface area contributed by atoms with Crippen molar-refractivity contribution in [3.8, 4) is 0 Å². The summed E-state index contributed by atoms with van der Waals surface area (Å²) < 4.78 is 5.26. The zero-order valence-corrected chi connectivity index (χ0v) is 10.8. The maximum Gasteiger partial charge on any atom is 0.331 e. The summed E-state index contributed by atoms with van der Waals surface area (Å²) in [4.78, 5) is 22.9. The molecule has 2 atom stereocenters. The number of ether oxygens (including phenoxy) is 1. The van der Waals surface area contributed by atoms with Crippen molar-refractivity contribution in [1.29, 1.82) is 0 Å². The van der Waals surface area contributed by atoms with Gasteiger partial charge in [-0.3, -0.25) is 4.79 Å². The van der Waals surface area contributed by atoms with Crippen molar-refractivity contribution < 1.29 is 14.3 Å². The zero-order chi connectivity index (χ0) is 12.6. The monoisotopic (exact) mass is 236 g/mol. The summed E-state index contributed by atoms with van der Waals surface area (Å²) in [7, 11) is 0. The Morgan fingerprint density at radius 1 is 1.18 bits per heavy atom. The lowest BCUT2D eigenvalue weighted by molar-refractivity contribution is -0.148. The molecule has 0 bridgehead atoms. The molecule has 3 heteroatoms. The van der Waals surface area contributed by atoms with Gasteiger partial charge < -0.3 is 4.74 Å². The van der Waals surface area contributed by atoms with Gasteiger partial charge >= 0.3 is 5.97 Å². The molecule has 0 aromatic carbocycles. The molecule has 0 saturated heterocycles. The molecule has 0 radical (unpaired) electrons. The molecule has 0 heterocycles. The molecule has 3 nitrogen and oxygen atoms in total. The lowest BCUT2D eigenvalue weighted by atomic mass is 10.0. The summed E-state index contributed by atoms with van der Waals surface area (Å²) in [6.45, 7) is 5.60. The normalized spacial score (nSPS) is 28.2. The van der Waals surface area contributed by atoms with Crippen LogP contribution in [0.1, 0.15) is 46.5 Å². The van der Waals surface area contributed by atoms with Crippen LogP contribution in [0.3, 0.4) is 0 Å². The van der Waals surface area contributed by atoms with Crippen LogP contribution >= 0.6 is 0 Å². The number of hydrogen-bond donors (Lipinski definition) is 0. The van der Waals surface area contributed by atoms with E-state index in [9.17, 15) is 9.59 Å². The van der Waals surface area contributed by atoms with E-state index in [1.807, 2.05) is 20.8 Å². The summed E-state index contributed by atoms with van der Waals surface area (Å²) in [5.74, 6) is 1.10. The summed E-state index contributed by atoms with van der Waals surface area (Å²) in [5.41, 5.74) is 0.722. The average Bonchev–Trinajstić information content (AvgIpc) is 2.56. The molecule has 0 aliphatic heterocycles. The average molecular weight is 236 g/mol. The van der Waals surface area contributed by atoms with Gasteiger partial charge in [0, 0.05) is 18.9 Å². The third-order valence-corrected chi connectivity index (χ3v) is 3.42. The predicted octanol–water partition coefficient (Wildman–Crippen LogP) is 2.64. The van der Waals surface area contributed by atoms with E-state index in [1.165, 1.54) is 0 Å². The highest BCUT2D eigenvalue weighted by Crippen LogP contribution is 2.44. The van der Waals surface area contributed by atoms with Gasteiger partial charge in [-0.25, -0.2) is 4.79 Å². The fourth-order valence-electron chi connectivity index (χ4n) is 2.85. The zero-order valence-electron chi connectivity index (χ0n) is 10.8. The maximum atomic E-state index is 11.6. The molecule has 0 N–H and O–H groups in total. The van der Waals surface area contributed by atoms with E-state index in [2.05, 4.69) is 0 Å². The van der Waals surface area contributed by atoms with Gasteiger partial charge in [0.1, 0.15) is 11.4 Å². The Labute approximate surface area is 102 Å². The Balaban J connectivity index is 1.93. The predicted molar refractivity (Wildman–Crippen MR) is 64.4 cm³/mol. The highest BCUT2D eigenvalue weighted by molar-refractivity contribution is 5.84. The molecular formula is C14H20O3. The van der Waals surface area contributed by atoms with E-state index in [-0.39, 0.29) is 5.97 Å². The fourth-order valence-corrected chi connectivity index (χ4v) is 2.85. The molecule has 17 heavy (non-hydrogen) atoms. The minimum Gasteiger partial charge on any atom is -0.457 e. The van der Waals surface area contributed by atoms with Gasteiger partial charge in [0.25, 0.3) is 0 Å². The number of allylic oxidation sites excluding steroid dienone is 1. The van der Waals surface area contributed by atoms with Gasteiger partial charge in [0.05, 0.1) is 0 Å². The van der Waals surface area contributed by atoms with Crippen LogP contribution in [0, 0.1) is 11.8 Å². The highest BCUT2D eigenvalue weighted by atomic mass is 16.6. The lowest BCUT2D eigenvalue weighted by Crippen LogP contribution is -2.22. The Morgan fingerprint density at radius 3 is 2.18 bits per heavy atom. The molecule has 0 aromatic heterocycles. The Kier molecular flexibility index (Phi) is 3.11. The topological polar surface area (TPSA) is 43.4 Å². The quantitative estimate of drug-likeness (QED) is 0.519. The van der Waals surface area contributed by atoms with Crippen LogP contribution in [0.4, 0.5) is 0 Å². The Morgan fingerprint density at radius 2 is 1.71 bits per heavy atom. The van der Waals surface area contributed by atoms with Crippen molar-refractivity contribution in [1.82, 2.24) is 0 Å². The Bertz CT molecular complexity index is 355. The minimum absolute atomic E-state index is 0.251. The third-order valence-electron chi connectivity index (χ3n) is 3.42. The van der Waals surface area contributed by atoms with Crippen molar-refractivity contribution >= 4 is 11.8 Å². The largest absolute Gasteiger partial charge is 0.457 e. The van der Waals surface area contributed by atoms with Gasteiger partial charge in [-0.05, 0) is 45.4 Å². The molecule has 0 aromatic rings. The molecule has 0 spiro atoms. The van der Waals surface area contributed by atoms with E-state index in [0.29, 0.717) is 30.5 Å². The van der Waals surface area contributed by atoms with Crippen LogP contribution in [-0.4, -0.2) is 17.4 Å². The van der Waals surface area contributed by atoms with E-state index < -0.39 is 5.60 Å². The first kappa shape index (κ1) is 12.3. The number of ketones is 1. The summed E-state index contributed by atoms with van der Waals surface area (Å²) in [6, 6.07) is 0. The number of hydrogen-bond acceptors (Lipinski definition) is 3. The van der Waals surface area contributed by atoms with Crippen LogP contribution in [0.15, 0.2) is 11.6 Å². The van der Waals surface area contributed by atoms with Crippen molar-refractivity contribution in [3.63, 3.8) is 0 Å². The number of carbonyl (C=O) groups is 2. The van der Waals surface area contributed by atoms with Crippen molar-refractivity contribution in [2.75, 3.05) is 0 Å². The number of fused-ring (bicyclic) bond motifs is 1. The van der Waals surface area contributed by atoms with Crippen LogP contribution in [-0.2, 0) is 14.3 Å². The second-order valence-electron chi connectivity index (χ2n) is 6.21. The smallest absolute Gasteiger partial charge is 0.331 e. The highest BCUT2D eigenvalue weighted by Gasteiger charge is 2.38. The van der Waals surface area contributed by atoms with E-state index in [0.717, 1.165) is 18.4 Å². The van der Waals surface area contributed by atoms with Crippen molar-refractivity contribution in [3.05, 3.63) is 11.6 Å². The van der Waals surface area contributed by atoms with Gasteiger partial charge in [-0.2, -0.15) is 0 Å². The van der Waals surface area contributed by atoms with Gasteiger partial charge in [0.15, 0.2) is 0 Å². The Hall–Kier alpha value is -1.12. The van der Waals surface area contributed by atoms with Gasteiger partial charge in [0.2, 0.25) is 0 Å². The van der Waals surface area contributed by atoms with Crippen molar-refractivity contribution in [2.24, 2.45) is 11.8 Å². The molecule has 2 fully saturated rings. The van der Waals surface area contributed by atoms with E-state index >= 15 is 0 Å². The van der Waals surface area contributed by atoms with E-state index in [1.54, 1.807) is 6.08 Å². The first-order valence-corrected chi connectivity index (χ1v) is 6.27. The molecule has 2 aliphatic rings. The first-order chi connectivity index (χ1) is 7.83. The van der Waals surface area contributed by atoms with Gasteiger partial charge in [-0.15, -0.1) is 0 Å². The molecular weight excluding hydrogens is 216 g/mol. The lowest BCUT2D eigenvalue weighted by Gasteiger charge is -2.18.